The monoisotopic (exact) mass is 242 g/mol. The van der Waals surface area contributed by atoms with Crippen molar-refractivity contribution in [2.45, 2.75) is 13.0 Å². The largest absolute Gasteiger partial charge is 0.363 e. The lowest BCUT2D eigenvalue weighted by Crippen LogP contribution is -2.41. The maximum absolute atomic E-state index is 11.6. The number of hydrogen-bond acceptors (Lipinski definition) is 2. The lowest BCUT2D eigenvalue weighted by Gasteiger charge is -2.25. The molecule has 2 aromatic carbocycles. The molecule has 3 heteroatoms. The van der Waals surface area contributed by atoms with Gasteiger partial charge in [-0.1, -0.05) is 30.3 Å². The Bertz CT molecular complexity index is 565. The zero-order valence-corrected chi connectivity index (χ0v) is 11.0. The summed E-state index contributed by atoms with van der Waals surface area (Å²) in [7, 11) is 3.59. The lowest BCUT2D eigenvalue weighted by molar-refractivity contribution is -0.121. The Morgan fingerprint density at radius 1 is 1.17 bits per heavy atom. The van der Waals surface area contributed by atoms with Crippen molar-refractivity contribution < 1.29 is 4.79 Å². The molecule has 0 saturated carbocycles. The zero-order chi connectivity index (χ0) is 13.1. The number of amides is 1. The molecule has 0 aromatic heterocycles. The van der Waals surface area contributed by atoms with Crippen LogP contribution in [-0.4, -0.2) is 26.0 Å². The minimum Gasteiger partial charge on any atom is -0.363 e. The molecule has 0 aliphatic heterocycles. The van der Waals surface area contributed by atoms with E-state index in [4.69, 9.17) is 0 Å². The minimum atomic E-state index is -0.184. The molecule has 0 aliphatic carbocycles. The highest BCUT2D eigenvalue weighted by Crippen LogP contribution is 2.22. The van der Waals surface area contributed by atoms with Crippen molar-refractivity contribution in [3.8, 4) is 0 Å². The number of nitrogens with one attached hydrogen (secondary N) is 1. The van der Waals surface area contributed by atoms with Crippen molar-refractivity contribution in [3.63, 3.8) is 0 Å². The Labute approximate surface area is 107 Å². The van der Waals surface area contributed by atoms with Crippen LogP contribution in [-0.2, 0) is 4.79 Å². The first-order valence-electron chi connectivity index (χ1n) is 6.06. The fourth-order valence-electron chi connectivity index (χ4n) is 2.00. The Kier molecular flexibility index (Phi) is 3.51. The van der Waals surface area contributed by atoms with Gasteiger partial charge in [-0.3, -0.25) is 4.79 Å². The van der Waals surface area contributed by atoms with E-state index in [-0.39, 0.29) is 11.9 Å². The van der Waals surface area contributed by atoms with Crippen LogP contribution >= 0.6 is 0 Å². The third-order valence-electron chi connectivity index (χ3n) is 3.35. The molecule has 0 fully saturated rings. The first kappa shape index (κ1) is 12.4. The van der Waals surface area contributed by atoms with Gasteiger partial charge in [-0.25, -0.2) is 0 Å². The Morgan fingerprint density at radius 3 is 2.50 bits per heavy atom. The van der Waals surface area contributed by atoms with E-state index in [0.717, 1.165) is 5.69 Å². The van der Waals surface area contributed by atoms with Crippen LogP contribution in [0.4, 0.5) is 5.69 Å². The highest BCUT2D eigenvalue weighted by molar-refractivity contribution is 5.88. The third kappa shape index (κ3) is 2.30. The van der Waals surface area contributed by atoms with Gasteiger partial charge in [-0.2, -0.15) is 0 Å². The van der Waals surface area contributed by atoms with Crippen molar-refractivity contribution in [1.29, 1.82) is 0 Å². The molecule has 1 amide bonds. The molecule has 0 bridgehead atoms. The molecule has 94 valence electrons. The highest BCUT2D eigenvalue weighted by Gasteiger charge is 2.16. The van der Waals surface area contributed by atoms with Crippen LogP contribution in [0, 0.1) is 0 Å². The second kappa shape index (κ2) is 5.08. The van der Waals surface area contributed by atoms with Gasteiger partial charge in [0.15, 0.2) is 0 Å². The second-order valence-corrected chi connectivity index (χ2v) is 4.43. The molecule has 1 N–H and O–H groups in total. The summed E-state index contributed by atoms with van der Waals surface area (Å²) in [5.74, 6) is 0.0191. The van der Waals surface area contributed by atoms with Crippen molar-refractivity contribution in [2.24, 2.45) is 0 Å². The predicted octanol–water partition coefficient (Wildman–Crippen LogP) is 2.41. The van der Waals surface area contributed by atoms with Gasteiger partial charge in [0.25, 0.3) is 0 Å². The number of nitrogens with zero attached hydrogens (tertiary/aromatic N) is 1. The Morgan fingerprint density at radius 2 is 1.83 bits per heavy atom. The zero-order valence-electron chi connectivity index (χ0n) is 11.0. The topological polar surface area (TPSA) is 32.3 Å². The Balaban J connectivity index is 2.33. The van der Waals surface area contributed by atoms with Gasteiger partial charge >= 0.3 is 0 Å². The molecule has 0 saturated heterocycles. The van der Waals surface area contributed by atoms with Crippen molar-refractivity contribution in [3.05, 3.63) is 42.5 Å². The van der Waals surface area contributed by atoms with Gasteiger partial charge in [-0.15, -0.1) is 0 Å². The van der Waals surface area contributed by atoms with E-state index in [2.05, 4.69) is 29.6 Å². The minimum absolute atomic E-state index is 0.0191. The summed E-state index contributed by atoms with van der Waals surface area (Å²) in [5, 5.41) is 5.07. The maximum atomic E-state index is 11.6. The van der Waals surface area contributed by atoms with Crippen LogP contribution < -0.4 is 10.2 Å². The summed E-state index contributed by atoms with van der Waals surface area (Å²) in [6.45, 7) is 1.90. The van der Waals surface area contributed by atoms with Gasteiger partial charge < -0.3 is 10.2 Å². The molecule has 18 heavy (non-hydrogen) atoms. The number of anilines is 1. The molecule has 0 unspecified atom stereocenters. The van der Waals surface area contributed by atoms with Crippen LogP contribution in [0.2, 0.25) is 0 Å². The number of fused-ring (bicyclic) bond motifs is 1. The summed E-state index contributed by atoms with van der Waals surface area (Å²) in [4.78, 5) is 13.6. The molecule has 0 heterocycles. The molecule has 2 aromatic rings. The number of benzene rings is 2. The van der Waals surface area contributed by atoms with Crippen LogP contribution in [0.1, 0.15) is 6.92 Å². The number of likely N-dealkylation sites (N-methyl/N-ethyl adjacent to an activating group) is 2. The summed E-state index contributed by atoms with van der Waals surface area (Å²) in [6.07, 6.45) is 0. The average molecular weight is 242 g/mol. The van der Waals surface area contributed by atoms with Crippen LogP contribution in [0.25, 0.3) is 10.8 Å². The van der Waals surface area contributed by atoms with Gasteiger partial charge in [-0.05, 0) is 29.8 Å². The van der Waals surface area contributed by atoms with Gasteiger partial charge in [0.1, 0.15) is 6.04 Å². The molecular formula is C15H18N2O. The van der Waals surface area contributed by atoms with Crippen LogP contribution in [0.3, 0.4) is 0 Å². The molecular weight excluding hydrogens is 224 g/mol. The van der Waals surface area contributed by atoms with Crippen LogP contribution in [0.15, 0.2) is 42.5 Å². The molecule has 0 spiro atoms. The standard InChI is InChI=1S/C15H18N2O/c1-11(15(18)16-2)17(3)14-9-8-12-6-4-5-7-13(12)10-14/h4-11H,1-3H3,(H,16,18)/t11-/m0/s1. The van der Waals surface area contributed by atoms with Crippen molar-refractivity contribution >= 4 is 22.4 Å². The van der Waals surface area contributed by atoms with E-state index in [0.29, 0.717) is 0 Å². The molecule has 3 nitrogen and oxygen atoms in total. The molecule has 0 radical (unpaired) electrons. The normalized spacial score (nSPS) is 12.2. The second-order valence-electron chi connectivity index (χ2n) is 4.43. The SMILES string of the molecule is CNC(=O)[C@H](C)N(C)c1ccc2ccccc2c1. The lowest BCUT2D eigenvalue weighted by atomic mass is 10.1. The van der Waals surface area contributed by atoms with Gasteiger partial charge in [0, 0.05) is 19.8 Å². The van der Waals surface area contributed by atoms with E-state index < -0.39 is 0 Å². The van der Waals surface area contributed by atoms with Crippen molar-refractivity contribution in [2.75, 3.05) is 19.0 Å². The van der Waals surface area contributed by atoms with E-state index in [1.807, 2.05) is 37.1 Å². The van der Waals surface area contributed by atoms with Crippen molar-refractivity contribution in [1.82, 2.24) is 5.32 Å². The first-order chi connectivity index (χ1) is 8.63. The summed E-state index contributed by atoms with van der Waals surface area (Å²) < 4.78 is 0. The number of rotatable bonds is 3. The molecule has 2 rings (SSSR count). The number of carbonyl (C=O) groups excluding carboxylic acids is 1. The summed E-state index contributed by atoms with van der Waals surface area (Å²) >= 11 is 0. The van der Waals surface area contributed by atoms with Gasteiger partial charge in [0.2, 0.25) is 5.91 Å². The molecule has 0 aliphatic rings. The van der Waals surface area contributed by atoms with E-state index in [1.165, 1.54) is 10.8 Å². The average Bonchev–Trinajstić information content (AvgIpc) is 2.44. The smallest absolute Gasteiger partial charge is 0.242 e. The van der Waals surface area contributed by atoms with E-state index in [9.17, 15) is 4.79 Å². The number of hydrogen-bond donors (Lipinski definition) is 1. The summed E-state index contributed by atoms with van der Waals surface area (Å²) in [5.41, 5.74) is 1.05. The van der Waals surface area contributed by atoms with E-state index >= 15 is 0 Å². The maximum Gasteiger partial charge on any atom is 0.242 e. The third-order valence-corrected chi connectivity index (χ3v) is 3.35. The number of carbonyl (C=O) groups is 1. The quantitative estimate of drug-likeness (QED) is 0.896. The first-order valence-corrected chi connectivity index (χ1v) is 6.06. The molecule has 1 atom stereocenters. The predicted molar refractivity (Wildman–Crippen MR) is 75.9 cm³/mol. The summed E-state index contributed by atoms with van der Waals surface area (Å²) in [6, 6.07) is 14.3. The highest BCUT2D eigenvalue weighted by atomic mass is 16.2. The van der Waals surface area contributed by atoms with E-state index in [1.54, 1.807) is 7.05 Å². The van der Waals surface area contributed by atoms with Crippen LogP contribution in [0.5, 0.6) is 0 Å². The fraction of sp³-hybridized carbons (Fsp3) is 0.267. The van der Waals surface area contributed by atoms with Gasteiger partial charge in [0.05, 0.1) is 0 Å². The Hall–Kier alpha value is -2.03. The fourth-order valence-corrected chi connectivity index (χ4v) is 2.00.